The van der Waals surface area contributed by atoms with Crippen LogP contribution in [0.1, 0.15) is 92.8 Å². The molecule has 0 saturated heterocycles. The number of aliphatic hydroxyl groups is 1. The number of phenols is 1. The first kappa shape index (κ1) is 96.5. The second-order valence-electron chi connectivity index (χ2n) is 24.1. The molecule has 7 aromatic heterocycles. The van der Waals surface area contributed by atoms with Gasteiger partial charge in [0.2, 0.25) is 0 Å². The number of aromatic hydroxyl groups is 1. The van der Waals surface area contributed by atoms with Gasteiger partial charge in [-0.1, -0.05) is 30.3 Å². The number of nitrogens with two attached hydrogens (primary N) is 3. The zero-order valence-corrected chi connectivity index (χ0v) is 66.6. The van der Waals surface area contributed by atoms with Crippen LogP contribution in [0.4, 0.5) is 40.7 Å². The molecule has 13 rings (SSSR count). The number of nitrogen functional groups attached to an aromatic ring is 3. The maximum atomic E-state index is 13.6. The van der Waals surface area contributed by atoms with Crippen molar-refractivity contribution in [3.63, 3.8) is 0 Å². The van der Waals surface area contributed by atoms with Crippen molar-refractivity contribution >= 4 is 85.9 Å². The van der Waals surface area contributed by atoms with Crippen molar-refractivity contribution in [3.8, 4) is 68.9 Å². The molecule has 118 heavy (non-hydrogen) atoms. The van der Waals surface area contributed by atoms with Gasteiger partial charge in [0, 0.05) is 44.0 Å². The second kappa shape index (κ2) is 49.1. The Morgan fingerprint density at radius 1 is 0.559 bits per heavy atom. The smallest absolute Gasteiger partial charge is 0.870 e. The Morgan fingerprint density at radius 2 is 1.02 bits per heavy atom. The fourth-order valence-electron chi connectivity index (χ4n) is 10.5. The molecule has 1 amide bonds. The van der Waals surface area contributed by atoms with E-state index in [1.807, 2.05) is 60.7 Å². The fraction of sp³-hybridized carbons (Fsp3) is 0.240. The molecule has 2 bridgehead atoms. The van der Waals surface area contributed by atoms with Crippen LogP contribution in [0.25, 0.3) is 45.9 Å². The Balaban J connectivity index is 0.000000263. The Morgan fingerprint density at radius 3 is 1.56 bits per heavy atom. The first-order valence-electron chi connectivity index (χ1n) is 34.9. The number of unbranched alkanes of at least 4 members (excludes halogenated alkanes) is 3. The number of aliphatic hydroxyl groups excluding tert-OH is 1. The molecule has 620 valence electrons. The van der Waals surface area contributed by atoms with E-state index in [2.05, 4.69) is 104 Å². The minimum absolute atomic E-state index is 0. The van der Waals surface area contributed by atoms with Gasteiger partial charge in [-0.2, -0.15) is 0 Å². The SMILES string of the molecule is COC(=O)c1cc(F)ccc1O.COC(=O)c1cc(F)ccc1OCCCCn1cnnc1-c1cccc(N)n1.Nc1cccc(-c2nncn2CCCCO)c1.Nc1cccc(-c2nncn2CCCCOc2ccc(F)cc2C(=O)O)n1.O.O=C1Nc2cccc(n2)-c2nncn2CCCCOc2ccc(F)cc21.O=P(Cl)(Cl)Cl.[Li+].[OH-]. The van der Waals surface area contributed by atoms with E-state index in [9.17, 15) is 41.3 Å². The van der Waals surface area contributed by atoms with Crippen LogP contribution in [0, 0.1) is 23.3 Å². The summed E-state index contributed by atoms with van der Waals surface area (Å²) in [6, 6.07) is 37.6. The van der Waals surface area contributed by atoms with Crippen molar-refractivity contribution in [2.75, 3.05) is 63.2 Å². The predicted octanol–water partition coefficient (Wildman–Crippen LogP) is 9.66. The van der Waals surface area contributed by atoms with Crippen molar-refractivity contribution < 1.29 is 110 Å². The van der Waals surface area contributed by atoms with Gasteiger partial charge in [-0.25, -0.2) is 46.9 Å². The van der Waals surface area contributed by atoms with Gasteiger partial charge in [0.1, 0.15) is 123 Å². The van der Waals surface area contributed by atoms with E-state index in [1.165, 1.54) is 43.5 Å². The number of nitrogens with one attached hydrogen (secondary N) is 1. The molecule has 0 fully saturated rings. The van der Waals surface area contributed by atoms with E-state index in [-0.39, 0.29) is 70.2 Å². The van der Waals surface area contributed by atoms with Gasteiger partial charge in [0.15, 0.2) is 23.3 Å². The summed E-state index contributed by atoms with van der Waals surface area (Å²) >= 11 is 13.8. The number of carboxylic acids is 1. The monoisotopic (exact) mass is 1710 g/mol. The first-order chi connectivity index (χ1) is 55.3. The Labute approximate surface area is 698 Å². The number of aryl methyl sites for hydroxylation is 4. The van der Waals surface area contributed by atoms with Gasteiger partial charge in [-0.15, -0.1) is 40.8 Å². The Kier molecular flexibility index (Phi) is 40.1. The van der Waals surface area contributed by atoms with Crippen LogP contribution in [0.5, 0.6) is 23.0 Å². The number of methoxy groups -OCH3 is 2. The summed E-state index contributed by atoms with van der Waals surface area (Å²) < 4.78 is 95.6. The fourth-order valence-corrected chi connectivity index (χ4v) is 10.5. The van der Waals surface area contributed by atoms with E-state index >= 15 is 0 Å². The minimum atomic E-state index is -3.22. The molecule has 43 heteroatoms. The minimum Gasteiger partial charge on any atom is -0.870 e. The van der Waals surface area contributed by atoms with Gasteiger partial charge in [-0.3, -0.25) is 9.36 Å². The number of esters is 2. The van der Waals surface area contributed by atoms with Gasteiger partial charge in [-0.05, 0) is 206 Å². The number of amides is 1. The van der Waals surface area contributed by atoms with Crippen LogP contribution in [-0.4, -0.2) is 165 Å². The molecule has 1 aliphatic heterocycles. The molecule has 5 aromatic carbocycles. The molecular formula is C75H80Cl3F4LiN19O15P. The van der Waals surface area contributed by atoms with Crippen LogP contribution >= 0.6 is 38.9 Å². The number of carbonyl (C=O) groups is 4. The average Bonchev–Trinajstić information content (AvgIpc) is 1.10. The number of carbonyl (C=O) groups excluding carboxylic acids is 3. The van der Waals surface area contributed by atoms with Gasteiger partial charge >= 0.3 is 42.0 Å². The number of rotatable bonds is 22. The molecule has 0 aliphatic carbocycles. The Hall–Kier alpha value is -12.1. The van der Waals surface area contributed by atoms with Crippen molar-refractivity contribution in [2.45, 2.75) is 77.5 Å². The first-order valence-corrected chi connectivity index (χ1v) is 39.3. The second-order valence-corrected chi connectivity index (χ2v) is 30.8. The summed E-state index contributed by atoms with van der Waals surface area (Å²) in [4.78, 5) is 59.2. The molecule has 13 N–H and O–H groups in total. The molecule has 0 spiro atoms. The topological polar surface area (TPSA) is 505 Å². The molecule has 0 unspecified atom stereocenters. The molecule has 0 radical (unpaired) electrons. The molecule has 12 aromatic rings. The molecule has 8 heterocycles. The molecule has 0 saturated carbocycles. The third-order valence-electron chi connectivity index (χ3n) is 15.9. The molecule has 34 nitrogen and oxygen atoms in total. The molecule has 0 atom stereocenters. The third-order valence-corrected chi connectivity index (χ3v) is 15.9. The van der Waals surface area contributed by atoms with E-state index < -0.39 is 52.3 Å². The standard InChI is InChI=1S/C19H20FN5O3.C18H18FN5O3.C18H16FN5O2.C12H16N4O.C8H7FO3.Cl3OP.Li.2H2O/c1-27-19(26)14-11-13(20)7-8-16(14)28-10-3-2-9-25-12-22-24-18(25)15-5-4-6-17(21)23-15;19-12-6-7-15(13(10-12)18(25)26)27-9-2-1-8-24-11-21-23-17(24)14-4-3-5-16(20)22-14;19-12-6-7-15-13(10-12)18(25)22-16-5-3-4-14(21-16)17-23-20-11-24(17)8-1-2-9-26-15;13-11-5-3-4-10(8-11)12-15-14-9-16(12)6-1-2-7-17;1-12-8(11)6-4-5(9)2-3-7(6)10;1-5(2,3)4;;;/h4-8,11-12H,2-3,9-10H2,1H3,(H2,21,23);3-7,10-11H,1-2,8-9H2,(H2,20,22)(H,25,26);3-7,10-11H,1-2,8-9H2,(H,21,22,25);3-5,8-9,17H,1-2,6-7,13H2;2-4,10H,1H3;;;2*1H2/q;;;;;;+1;;/p-1. The summed E-state index contributed by atoms with van der Waals surface area (Å²) in [6.07, 6.45) is 12.8. The van der Waals surface area contributed by atoms with Gasteiger partial charge < -0.3 is 90.7 Å². The van der Waals surface area contributed by atoms with Crippen molar-refractivity contribution in [1.29, 1.82) is 0 Å². The number of hydrogen-bond donors (Lipinski definition) is 7. The number of anilines is 4. The van der Waals surface area contributed by atoms with Crippen LogP contribution in [0.15, 0.2) is 177 Å². The quantitative estimate of drug-likeness (QED) is 0.00828. The summed E-state index contributed by atoms with van der Waals surface area (Å²) in [7, 11) is 2.40. The molecular weight excluding hydrogens is 1630 g/mol. The summed E-state index contributed by atoms with van der Waals surface area (Å²) in [5, 5.41) is 58.5. The van der Waals surface area contributed by atoms with E-state index in [4.69, 9.17) is 46.7 Å². The van der Waals surface area contributed by atoms with E-state index in [1.54, 1.807) is 61.7 Å². The largest absolute Gasteiger partial charge is 1.00 e. The number of fused-ring (bicyclic) bond motifs is 5. The van der Waals surface area contributed by atoms with Crippen LogP contribution in [0.2, 0.25) is 0 Å². The number of aromatic carboxylic acids is 1. The maximum Gasteiger partial charge on any atom is 1.00 e. The summed E-state index contributed by atoms with van der Waals surface area (Å²) in [5.74, 6) is -0.966. The van der Waals surface area contributed by atoms with Crippen molar-refractivity contribution in [3.05, 3.63) is 222 Å². The van der Waals surface area contributed by atoms with Crippen LogP contribution in [-0.2, 0) is 40.2 Å². The van der Waals surface area contributed by atoms with Gasteiger partial charge in [0.05, 0.1) is 39.6 Å². The summed E-state index contributed by atoms with van der Waals surface area (Å²) in [5.41, 5.74) is 20.6. The van der Waals surface area contributed by atoms with E-state index in [0.29, 0.717) is 115 Å². The number of carboxylic acid groups (broad SMARTS) is 1. The van der Waals surface area contributed by atoms with Crippen molar-refractivity contribution in [2.24, 2.45) is 0 Å². The number of nitrogens with zero attached hydrogens (tertiary/aromatic N) is 15. The number of ether oxygens (including phenoxy) is 5. The predicted molar refractivity (Wildman–Crippen MR) is 425 cm³/mol. The number of pyridine rings is 3. The Bertz CT molecular complexity index is 5260. The zero-order valence-electron chi connectivity index (χ0n) is 63.5. The van der Waals surface area contributed by atoms with Crippen LogP contribution < -0.4 is 55.6 Å². The maximum absolute atomic E-state index is 13.6. The third kappa shape index (κ3) is 30.8. The number of benzene rings is 5. The number of halogens is 7. The van der Waals surface area contributed by atoms with Crippen LogP contribution in [0.3, 0.4) is 0 Å². The number of phenolic OH excluding ortho intramolecular Hbond substituents is 1. The van der Waals surface area contributed by atoms with Gasteiger partial charge in [0.25, 0.3) is 5.91 Å². The zero-order chi connectivity index (χ0) is 82.8. The number of aromatic nitrogens is 15. The normalized spacial score (nSPS) is 11.2. The van der Waals surface area contributed by atoms with Crippen molar-refractivity contribution in [1.82, 2.24) is 74.0 Å². The van der Waals surface area contributed by atoms with E-state index in [0.717, 1.165) is 107 Å². The number of hydrogen-bond acceptors (Lipinski definition) is 27. The average molecular weight is 1710 g/mol. The molecule has 1 aliphatic rings. The summed E-state index contributed by atoms with van der Waals surface area (Å²) in [6.45, 7) is 4.14.